The van der Waals surface area contributed by atoms with Crippen molar-refractivity contribution in [2.75, 3.05) is 6.54 Å². The Morgan fingerprint density at radius 3 is 2.39 bits per heavy atom. The van der Waals surface area contributed by atoms with Crippen LogP contribution in [0.25, 0.3) is 10.6 Å². The molecule has 3 atom stereocenters. The van der Waals surface area contributed by atoms with Crippen LogP contribution >= 0.6 is 11.3 Å². The number of carbonyl (C=O) groups excluding carboxylic acids is 2. The van der Waals surface area contributed by atoms with E-state index in [0.29, 0.717) is 6.42 Å². The van der Waals surface area contributed by atoms with Gasteiger partial charge in [0.2, 0.25) is 0 Å². The second kappa shape index (κ2) is 11.5. The van der Waals surface area contributed by atoms with E-state index >= 15 is 0 Å². The predicted octanol–water partition coefficient (Wildman–Crippen LogP) is 4.53. The fourth-order valence-corrected chi connectivity index (χ4v) is 4.38. The van der Waals surface area contributed by atoms with Crippen molar-refractivity contribution in [2.45, 2.75) is 51.0 Å². The van der Waals surface area contributed by atoms with Crippen molar-refractivity contribution >= 4 is 29.3 Å². The molecule has 0 unspecified atom stereocenters. The summed E-state index contributed by atoms with van der Waals surface area (Å²) in [6.07, 6.45) is -3.19. The molecule has 4 rings (SSSR count). The van der Waals surface area contributed by atoms with Gasteiger partial charge in [-0.15, -0.1) is 10.2 Å². The molecule has 1 aromatic heterocycles. The number of nitro benzene ring substituents is 1. The van der Waals surface area contributed by atoms with Gasteiger partial charge in [0.05, 0.1) is 11.0 Å². The number of hydrogen-bond donors (Lipinski definition) is 1. The van der Waals surface area contributed by atoms with Gasteiger partial charge >= 0.3 is 12.3 Å². The Balaban J connectivity index is 1.46. The van der Waals surface area contributed by atoms with E-state index in [1.807, 2.05) is 24.3 Å². The maximum atomic E-state index is 12.6. The summed E-state index contributed by atoms with van der Waals surface area (Å²) in [5.74, 6) is 0.0694. The molecule has 0 bridgehead atoms. The van der Waals surface area contributed by atoms with Gasteiger partial charge in [0.1, 0.15) is 21.9 Å². The molecule has 0 amide bonds. The molecule has 12 nitrogen and oxygen atoms in total. The van der Waals surface area contributed by atoms with Crippen LogP contribution in [0.1, 0.15) is 26.3 Å². The number of carbonyl (C=O) groups is 2. The number of aromatic nitrogens is 2. The smallest absolute Gasteiger partial charge is 0.429 e. The summed E-state index contributed by atoms with van der Waals surface area (Å²) in [5.41, 5.74) is 2.64. The zero-order chi connectivity index (χ0) is 27.3. The average Bonchev–Trinajstić information content (AvgIpc) is 3.50. The van der Waals surface area contributed by atoms with Gasteiger partial charge in [-0.1, -0.05) is 35.6 Å². The summed E-state index contributed by atoms with van der Waals surface area (Å²) in [6.45, 7) is 5.36. The number of nitro groups is 1. The monoisotopic (exact) mass is 542 g/mol. The first-order valence-corrected chi connectivity index (χ1v) is 12.6. The molecule has 13 heteroatoms. The second-order valence-corrected chi connectivity index (χ2v) is 10.3. The Labute approximate surface area is 222 Å². The number of ether oxygens (including phenoxy) is 4. The third-order valence-corrected chi connectivity index (χ3v) is 6.22. The van der Waals surface area contributed by atoms with E-state index in [9.17, 15) is 19.7 Å². The lowest BCUT2D eigenvalue weighted by Gasteiger charge is -2.25. The Kier molecular flexibility index (Phi) is 8.17. The van der Waals surface area contributed by atoms with Crippen molar-refractivity contribution < 1.29 is 33.5 Å². The van der Waals surface area contributed by atoms with Gasteiger partial charge in [-0.3, -0.25) is 10.1 Å². The number of benzene rings is 2. The van der Waals surface area contributed by atoms with Crippen molar-refractivity contribution in [3.8, 4) is 16.3 Å². The van der Waals surface area contributed by atoms with E-state index in [1.165, 1.54) is 35.6 Å². The highest BCUT2D eigenvalue weighted by Gasteiger charge is 2.42. The van der Waals surface area contributed by atoms with Crippen LogP contribution in [0.15, 0.2) is 54.0 Å². The number of hydrogen-bond acceptors (Lipinski definition) is 12. The Hall–Kier alpha value is -4.10. The zero-order valence-electron chi connectivity index (χ0n) is 20.9. The van der Waals surface area contributed by atoms with E-state index in [2.05, 4.69) is 15.5 Å². The van der Waals surface area contributed by atoms with Gasteiger partial charge < -0.3 is 24.3 Å². The molecule has 0 radical (unpaired) electrons. The van der Waals surface area contributed by atoms with Crippen molar-refractivity contribution in [3.63, 3.8) is 0 Å². The molecular formula is C25H26N4O8S. The van der Waals surface area contributed by atoms with E-state index in [4.69, 9.17) is 18.9 Å². The van der Waals surface area contributed by atoms with E-state index in [0.717, 1.165) is 16.1 Å². The van der Waals surface area contributed by atoms with Gasteiger partial charge in [0.25, 0.3) is 5.69 Å². The maximum absolute atomic E-state index is 12.6. The fourth-order valence-electron chi connectivity index (χ4n) is 3.82. The number of rotatable bonds is 7. The first kappa shape index (κ1) is 26.9. The molecule has 0 spiro atoms. The summed E-state index contributed by atoms with van der Waals surface area (Å²) in [5, 5.41) is 22.8. The maximum Gasteiger partial charge on any atom is 0.514 e. The lowest BCUT2D eigenvalue weighted by molar-refractivity contribution is -0.384. The molecule has 1 N–H and O–H groups in total. The molecule has 1 aliphatic heterocycles. The van der Waals surface area contributed by atoms with Gasteiger partial charge in [-0.05, 0) is 44.9 Å². The van der Waals surface area contributed by atoms with Crippen LogP contribution in [-0.2, 0) is 20.6 Å². The summed E-state index contributed by atoms with van der Waals surface area (Å²) < 4.78 is 21.5. The first-order chi connectivity index (χ1) is 18.1. The first-order valence-electron chi connectivity index (χ1n) is 11.7. The third-order valence-electron chi connectivity index (χ3n) is 5.48. The SMILES string of the molecule is CC(C)(C)OC(=O)O[C@H]1CN[C@H](Cc2ccc(-c3nncs3)cc2)[C@@H]1OC(=O)Oc1ccc([N+](=O)[O-])cc1. The van der Waals surface area contributed by atoms with Crippen LogP contribution in [0.4, 0.5) is 15.3 Å². The Bertz CT molecular complexity index is 1260. The van der Waals surface area contributed by atoms with E-state index in [-0.39, 0.29) is 18.0 Å². The molecule has 3 aromatic rings. The topological polar surface area (TPSA) is 152 Å². The number of non-ortho nitro benzene ring substituents is 1. The van der Waals surface area contributed by atoms with Crippen molar-refractivity contribution in [1.29, 1.82) is 0 Å². The van der Waals surface area contributed by atoms with Crippen LogP contribution in [0, 0.1) is 10.1 Å². The van der Waals surface area contributed by atoms with Crippen LogP contribution in [0.3, 0.4) is 0 Å². The standard InChI is InChI=1S/C25H26N4O8S/c1-25(2,3)37-24(31)35-20-13-26-19(12-15-4-6-16(7-5-15)22-28-27-14-38-22)21(20)36-23(30)34-18-10-8-17(9-11-18)29(32)33/h4-11,14,19-21,26H,12-13H2,1-3H3/t19-,20+,21+/m1/s1. The minimum atomic E-state index is -1.04. The fraction of sp³-hybridized carbons (Fsp3) is 0.360. The van der Waals surface area contributed by atoms with Gasteiger partial charge in [0.15, 0.2) is 12.2 Å². The largest absolute Gasteiger partial charge is 0.514 e. The molecular weight excluding hydrogens is 516 g/mol. The van der Waals surface area contributed by atoms with E-state index in [1.54, 1.807) is 26.3 Å². The zero-order valence-corrected chi connectivity index (χ0v) is 21.7. The summed E-state index contributed by atoms with van der Waals surface area (Å²) in [7, 11) is 0. The van der Waals surface area contributed by atoms with E-state index < -0.39 is 41.1 Å². The Morgan fingerprint density at radius 1 is 1.08 bits per heavy atom. The number of nitrogens with zero attached hydrogens (tertiary/aromatic N) is 3. The highest BCUT2D eigenvalue weighted by atomic mass is 32.1. The molecule has 200 valence electrons. The predicted molar refractivity (Wildman–Crippen MR) is 136 cm³/mol. The lowest BCUT2D eigenvalue weighted by Crippen LogP contribution is -2.41. The van der Waals surface area contributed by atoms with Gasteiger partial charge in [-0.25, -0.2) is 9.59 Å². The second-order valence-electron chi connectivity index (χ2n) is 9.47. The minimum absolute atomic E-state index is 0.0694. The van der Waals surface area contributed by atoms with Gasteiger partial charge in [0, 0.05) is 24.2 Å². The normalized spacial score (nSPS) is 19.0. The summed E-state index contributed by atoms with van der Waals surface area (Å²) in [4.78, 5) is 35.3. The quantitative estimate of drug-likeness (QED) is 0.194. The highest BCUT2D eigenvalue weighted by molar-refractivity contribution is 7.12. The third kappa shape index (κ3) is 7.23. The van der Waals surface area contributed by atoms with Crippen LogP contribution in [0.5, 0.6) is 5.75 Å². The molecule has 2 heterocycles. The summed E-state index contributed by atoms with van der Waals surface area (Å²) in [6, 6.07) is 12.3. The minimum Gasteiger partial charge on any atom is -0.429 e. The average molecular weight is 543 g/mol. The van der Waals surface area contributed by atoms with Crippen LogP contribution in [-0.4, -0.2) is 57.8 Å². The number of nitrogens with one attached hydrogen (secondary N) is 1. The highest BCUT2D eigenvalue weighted by Crippen LogP contribution is 2.25. The van der Waals surface area contributed by atoms with Crippen molar-refractivity contribution in [3.05, 3.63) is 69.7 Å². The van der Waals surface area contributed by atoms with Crippen molar-refractivity contribution in [2.24, 2.45) is 0 Å². The molecule has 0 saturated carbocycles. The molecule has 1 saturated heterocycles. The molecule has 0 aliphatic carbocycles. The summed E-state index contributed by atoms with van der Waals surface area (Å²) >= 11 is 1.43. The molecule has 38 heavy (non-hydrogen) atoms. The lowest BCUT2D eigenvalue weighted by atomic mass is 10.0. The van der Waals surface area contributed by atoms with Crippen LogP contribution in [0.2, 0.25) is 0 Å². The molecule has 1 aliphatic rings. The molecule has 2 aromatic carbocycles. The van der Waals surface area contributed by atoms with Crippen LogP contribution < -0.4 is 10.1 Å². The molecule has 1 fully saturated rings. The van der Waals surface area contributed by atoms with Gasteiger partial charge in [-0.2, -0.15) is 0 Å². The van der Waals surface area contributed by atoms with Crippen molar-refractivity contribution in [1.82, 2.24) is 15.5 Å². The Morgan fingerprint density at radius 2 is 1.79 bits per heavy atom.